The van der Waals surface area contributed by atoms with Gasteiger partial charge in [0.05, 0.1) is 23.7 Å². The first-order valence-electron chi connectivity index (χ1n) is 6.14. The van der Waals surface area contributed by atoms with Crippen LogP contribution in [0.25, 0.3) is 0 Å². The summed E-state index contributed by atoms with van der Waals surface area (Å²) in [5, 5.41) is 10.7. The van der Waals surface area contributed by atoms with Gasteiger partial charge in [-0.2, -0.15) is 0 Å². The Balaban J connectivity index is 1.86. The molecule has 0 bridgehead atoms. The van der Waals surface area contributed by atoms with E-state index in [0.29, 0.717) is 6.61 Å². The molecule has 0 aliphatic heterocycles. The van der Waals surface area contributed by atoms with Crippen molar-refractivity contribution in [3.8, 4) is 5.88 Å². The molecular formula is C14H13ClN2O3. The Hall–Kier alpha value is -2.14. The van der Waals surface area contributed by atoms with Gasteiger partial charge in [0.1, 0.15) is 5.15 Å². The second kappa shape index (κ2) is 6.86. The highest BCUT2D eigenvalue weighted by atomic mass is 35.5. The number of nitro groups is 1. The fourth-order valence-electron chi connectivity index (χ4n) is 1.74. The van der Waals surface area contributed by atoms with Crippen LogP contribution in [-0.4, -0.2) is 16.5 Å². The third-order valence-electron chi connectivity index (χ3n) is 2.67. The van der Waals surface area contributed by atoms with Crippen LogP contribution < -0.4 is 4.74 Å². The number of aromatic nitrogens is 1. The van der Waals surface area contributed by atoms with Gasteiger partial charge < -0.3 is 4.74 Å². The maximum absolute atomic E-state index is 10.7. The number of halogens is 1. The summed E-state index contributed by atoms with van der Waals surface area (Å²) in [6, 6.07) is 12.5. The predicted octanol–water partition coefficient (Wildman–Crippen LogP) is 3.65. The molecule has 0 N–H and O–H groups in total. The van der Waals surface area contributed by atoms with Crippen LogP contribution in [0.3, 0.4) is 0 Å². The van der Waals surface area contributed by atoms with E-state index in [1.54, 1.807) is 0 Å². The molecule has 0 spiro atoms. The van der Waals surface area contributed by atoms with E-state index < -0.39 is 4.92 Å². The smallest absolute Gasteiger partial charge is 0.277 e. The van der Waals surface area contributed by atoms with Crippen molar-refractivity contribution in [1.82, 2.24) is 4.98 Å². The van der Waals surface area contributed by atoms with Gasteiger partial charge in [0, 0.05) is 0 Å². The largest absolute Gasteiger partial charge is 0.477 e. The maximum Gasteiger partial charge on any atom is 0.277 e. The van der Waals surface area contributed by atoms with Crippen molar-refractivity contribution in [3.05, 3.63) is 63.3 Å². The van der Waals surface area contributed by atoms with Gasteiger partial charge in [0.25, 0.3) is 5.69 Å². The third kappa shape index (κ3) is 4.20. The molecule has 2 aromatic rings. The van der Waals surface area contributed by atoms with Gasteiger partial charge in [-0.15, -0.1) is 0 Å². The summed E-state index contributed by atoms with van der Waals surface area (Å²) in [4.78, 5) is 14.1. The van der Waals surface area contributed by atoms with Crippen molar-refractivity contribution in [3.63, 3.8) is 0 Å². The quantitative estimate of drug-likeness (QED) is 0.353. The predicted molar refractivity (Wildman–Crippen MR) is 76.2 cm³/mol. The normalized spacial score (nSPS) is 10.2. The van der Waals surface area contributed by atoms with Gasteiger partial charge >= 0.3 is 0 Å². The number of ether oxygens (including phenoxy) is 1. The minimum Gasteiger partial charge on any atom is -0.477 e. The highest BCUT2D eigenvalue weighted by Crippen LogP contribution is 2.22. The molecule has 1 aromatic carbocycles. The van der Waals surface area contributed by atoms with Crippen molar-refractivity contribution in [2.75, 3.05) is 6.61 Å². The highest BCUT2D eigenvalue weighted by Gasteiger charge is 2.10. The SMILES string of the molecule is O=[N+]([O-])c1cc(Cl)nc(OCCCc2ccccc2)c1. The van der Waals surface area contributed by atoms with E-state index >= 15 is 0 Å². The molecule has 6 heteroatoms. The molecule has 0 atom stereocenters. The number of rotatable bonds is 6. The van der Waals surface area contributed by atoms with Gasteiger partial charge in [-0.3, -0.25) is 10.1 Å². The average molecular weight is 293 g/mol. The highest BCUT2D eigenvalue weighted by molar-refractivity contribution is 6.29. The Bertz CT molecular complexity index is 590. The molecule has 0 unspecified atom stereocenters. The first-order valence-corrected chi connectivity index (χ1v) is 6.51. The fraction of sp³-hybridized carbons (Fsp3) is 0.214. The van der Waals surface area contributed by atoms with E-state index in [0.717, 1.165) is 12.8 Å². The molecule has 20 heavy (non-hydrogen) atoms. The number of pyridine rings is 1. The van der Waals surface area contributed by atoms with Crippen LogP contribution in [0.5, 0.6) is 5.88 Å². The summed E-state index contributed by atoms with van der Waals surface area (Å²) < 4.78 is 5.40. The standard InChI is InChI=1S/C14H13ClN2O3/c15-13-9-12(17(18)19)10-14(16-13)20-8-4-7-11-5-2-1-3-6-11/h1-3,5-6,9-10H,4,7-8H2. The molecule has 104 valence electrons. The summed E-state index contributed by atoms with van der Waals surface area (Å²) in [6.45, 7) is 0.430. The Morgan fingerprint density at radius 2 is 2.00 bits per heavy atom. The Morgan fingerprint density at radius 1 is 1.25 bits per heavy atom. The molecule has 0 amide bonds. The molecule has 0 radical (unpaired) electrons. The van der Waals surface area contributed by atoms with E-state index in [1.165, 1.54) is 17.7 Å². The van der Waals surface area contributed by atoms with Gasteiger partial charge in [-0.05, 0) is 18.4 Å². The van der Waals surface area contributed by atoms with E-state index in [-0.39, 0.29) is 16.7 Å². The molecule has 0 saturated carbocycles. The van der Waals surface area contributed by atoms with Crippen molar-refractivity contribution >= 4 is 17.3 Å². The lowest BCUT2D eigenvalue weighted by Crippen LogP contribution is -2.01. The zero-order valence-electron chi connectivity index (χ0n) is 10.7. The van der Waals surface area contributed by atoms with Gasteiger partial charge in [-0.1, -0.05) is 41.9 Å². The van der Waals surface area contributed by atoms with Crippen LogP contribution in [-0.2, 0) is 6.42 Å². The van der Waals surface area contributed by atoms with Crippen LogP contribution in [0.15, 0.2) is 42.5 Å². The van der Waals surface area contributed by atoms with Gasteiger partial charge in [0.15, 0.2) is 0 Å². The summed E-state index contributed by atoms with van der Waals surface area (Å²) >= 11 is 5.71. The summed E-state index contributed by atoms with van der Waals surface area (Å²) in [7, 11) is 0. The van der Waals surface area contributed by atoms with Gasteiger partial charge in [0.2, 0.25) is 5.88 Å². The molecule has 0 aliphatic carbocycles. The average Bonchev–Trinajstić information content (AvgIpc) is 2.44. The minimum absolute atomic E-state index is 0.0530. The van der Waals surface area contributed by atoms with E-state index in [1.807, 2.05) is 30.3 Å². The Morgan fingerprint density at radius 3 is 2.70 bits per heavy atom. The first-order chi connectivity index (χ1) is 9.65. The molecule has 0 saturated heterocycles. The van der Waals surface area contributed by atoms with Crippen LogP contribution in [0.4, 0.5) is 5.69 Å². The number of benzene rings is 1. The number of hydrogen-bond acceptors (Lipinski definition) is 4. The lowest BCUT2D eigenvalue weighted by molar-refractivity contribution is -0.385. The zero-order chi connectivity index (χ0) is 14.4. The molecule has 5 nitrogen and oxygen atoms in total. The second-order valence-electron chi connectivity index (χ2n) is 4.18. The van der Waals surface area contributed by atoms with Crippen molar-refractivity contribution in [1.29, 1.82) is 0 Å². The molecule has 1 aromatic heterocycles. The number of aryl methyl sites for hydroxylation is 1. The molecule has 1 heterocycles. The van der Waals surface area contributed by atoms with E-state index in [4.69, 9.17) is 16.3 Å². The van der Waals surface area contributed by atoms with Crippen molar-refractivity contribution in [2.45, 2.75) is 12.8 Å². The van der Waals surface area contributed by atoms with Crippen LogP contribution in [0, 0.1) is 10.1 Å². The lowest BCUT2D eigenvalue weighted by atomic mass is 10.1. The van der Waals surface area contributed by atoms with Crippen molar-refractivity contribution in [2.24, 2.45) is 0 Å². The second-order valence-corrected chi connectivity index (χ2v) is 4.57. The Labute approximate surface area is 121 Å². The van der Waals surface area contributed by atoms with E-state index in [9.17, 15) is 10.1 Å². The summed E-state index contributed by atoms with van der Waals surface area (Å²) in [6.07, 6.45) is 1.68. The van der Waals surface area contributed by atoms with Crippen LogP contribution in [0.1, 0.15) is 12.0 Å². The monoisotopic (exact) mass is 292 g/mol. The summed E-state index contributed by atoms with van der Waals surface area (Å²) in [5.74, 6) is 0.178. The van der Waals surface area contributed by atoms with Crippen molar-refractivity contribution < 1.29 is 9.66 Å². The fourth-order valence-corrected chi connectivity index (χ4v) is 1.93. The topological polar surface area (TPSA) is 65.3 Å². The number of nitrogens with zero attached hydrogens (tertiary/aromatic N) is 2. The maximum atomic E-state index is 10.7. The zero-order valence-corrected chi connectivity index (χ0v) is 11.4. The minimum atomic E-state index is -0.523. The Kier molecular flexibility index (Phi) is 4.90. The third-order valence-corrected chi connectivity index (χ3v) is 2.86. The first kappa shape index (κ1) is 14.3. The molecular weight excluding hydrogens is 280 g/mol. The van der Waals surface area contributed by atoms with Crippen LogP contribution in [0.2, 0.25) is 5.15 Å². The lowest BCUT2D eigenvalue weighted by Gasteiger charge is -2.05. The molecule has 2 rings (SSSR count). The molecule has 0 fully saturated rings. The van der Waals surface area contributed by atoms with E-state index in [2.05, 4.69) is 4.98 Å². The summed E-state index contributed by atoms with van der Waals surface area (Å²) in [5.41, 5.74) is 1.10. The molecule has 0 aliphatic rings. The number of hydrogen-bond donors (Lipinski definition) is 0. The van der Waals surface area contributed by atoms with Gasteiger partial charge in [-0.25, -0.2) is 4.98 Å². The van der Waals surface area contributed by atoms with Crippen LogP contribution >= 0.6 is 11.6 Å².